The number of hydrogen-bond acceptors (Lipinski definition) is 4. The predicted molar refractivity (Wildman–Crippen MR) is 104 cm³/mol. The zero-order chi connectivity index (χ0) is 17.9. The number of ether oxygens (including phenoxy) is 1. The van der Waals surface area contributed by atoms with Gasteiger partial charge < -0.3 is 4.74 Å². The Kier molecular flexibility index (Phi) is 7.21. The predicted octanol–water partition coefficient (Wildman–Crippen LogP) is 2.41. The number of amides is 2. The van der Waals surface area contributed by atoms with Crippen molar-refractivity contribution in [2.24, 2.45) is 0 Å². The van der Waals surface area contributed by atoms with Crippen LogP contribution in [0.25, 0.3) is 0 Å². The van der Waals surface area contributed by atoms with Crippen molar-refractivity contribution in [2.75, 3.05) is 39.9 Å². The number of carbonyl (C=O) groups excluding carboxylic acids is 2. The monoisotopic (exact) mass is 380 g/mol. The summed E-state index contributed by atoms with van der Waals surface area (Å²) in [7, 11) is 1.69. The first kappa shape index (κ1) is 20.9. The van der Waals surface area contributed by atoms with Crippen LogP contribution in [0.3, 0.4) is 0 Å². The van der Waals surface area contributed by atoms with E-state index in [2.05, 4.69) is 17.9 Å². The average molecular weight is 381 g/mol. The Labute approximate surface area is 162 Å². The van der Waals surface area contributed by atoms with Gasteiger partial charge in [-0.25, -0.2) is 0 Å². The molecule has 1 aliphatic carbocycles. The van der Waals surface area contributed by atoms with Crippen molar-refractivity contribution < 1.29 is 14.3 Å². The van der Waals surface area contributed by atoms with Gasteiger partial charge in [-0.05, 0) is 36.9 Å². The molecule has 2 amide bonds. The number of likely N-dealkylation sites (N-methyl/N-ethyl adjacent to an activating group) is 1. The summed E-state index contributed by atoms with van der Waals surface area (Å²) in [5.41, 5.74) is 1.69. The summed E-state index contributed by atoms with van der Waals surface area (Å²) in [6.07, 6.45) is 3.08. The van der Waals surface area contributed by atoms with E-state index in [4.69, 9.17) is 4.74 Å². The van der Waals surface area contributed by atoms with Gasteiger partial charge in [-0.2, -0.15) is 0 Å². The summed E-state index contributed by atoms with van der Waals surface area (Å²) in [5.74, 6) is -0.0167. The number of likely N-dealkylation sites (tertiary alicyclic amines) is 1. The SMILES string of the molecule is CCN(CCOC)CCN1C(=O)CC2(CCCc3ccccc32)C1=O.Cl. The van der Waals surface area contributed by atoms with Crippen LogP contribution in [0.1, 0.15) is 37.3 Å². The standard InChI is InChI=1S/C20H28N2O3.ClH/c1-3-21(13-14-25-2)11-12-22-18(23)15-20(19(22)24)10-6-8-16-7-4-5-9-17(16)20;/h4-5,7,9H,3,6,8,10-15H2,1-2H3;1H. The smallest absolute Gasteiger partial charge is 0.240 e. The second-order valence-corrected chi connectivity index (χ2v) is 7.05. The van der Waals surface area contributed by atoms with Crippen molar-refractivity contribution in [1.82, 2.24) is 9.80 Å². The quantitative estimate of drug-likeness (QED) is 0.681. The van der Waals surface area contributed by atoms with Crippen molar-refractivity contribution in [3.05, 3.63) is 35.4 Å². The van der Waals surface area contributed by atoms with Crippen LogP contribution in [0.4, 0.5) is 0 Å². The minimum Gasteiger partial charge on any atom is -0.383 e. The second-order valence-electron chi connectivity index (χ2n) is 7.05. The lowest BCUT2D eigenvalue weighted by Crippen LogP contribution is -2.44. The first-order chi connectivity index (χ1) is 12.1. The number of fused-ring (bicyclic) bond motifs is 2. The molecule has 144 valence electrons. The maximum Gasteiger partial charge on any atom is 0.240 e. The van der Waals surface area contributed by atoms with E-state index in [1.54, 1.807) is 7.11 Å². The summed E-state index contributed by atoms with van der Waals surface area (Å²) in [4.78, 5) is 29.6. The van der Waals surface area contributed by atoms with E-state index in [1.165, 1.54) is 10.5 Å². The Morgan fingerprint density at radius 1 is 1.23 bits per heavy atom. The number of methoxy groups -OCH3 is 1. The van der Waals surface area contributed by atoms with Crippen molar-refractivity contribution in [3.8, 4) is 0 Å². The third-order valence-electron chi connectivity index (χ3n) is 5.69. The highest BCUT2D eigenvalue weighted by Crippen LogP contribution is 2.45. The molecule has 0 radical (unpaired) electrons. The van der Waals surface area contributed by atoms with Crippen LogP contribution in [0.2, 0.25) is 0 Å². The average Bonchev–Trinajstić information content (AvgIpc) is 2.86. The lowest BCUT2D eigenvalue weighted by Gasteiger charge is -2.33. The molecule has 1 aromatic rings. The number of carbonyl (C=O) groups is 2. The highest BCUT2D eigenvalue weighted by molar-refractivity contribution is 6.09. The number of rotatable bonds is 7. The number of aryl methyl sites for hydroxylation is 1. The molecule has 1 aromatic carbocycles. The summed E-state index contributed by atoms with van der Waals surface area (Å²) in [6.45, 7) is 5.62. The van der Waals surface area contributed by atoms with Crippen molar-refractivity contribution in [3.63, 3.8) is 0 Å². The van der Waals surface area contributed by atoms with E-state index in [-0.39, 0.29) is 24.2 Å². The molecular formula is C20H29ClN2O3. The first-order valence-corrected chi connectivity index (χ1v) is 9.27. The van der Waals surface area contributed by atoms with Crippen molar-refractivity contribution >= 4 is 24.2 Å². The number of imide groups is 1. The molecule has 1 spiro atoms. The number of nitrogens with zero attached hydrogens (tertiary/aromatic N) is 2. The van der Waals surface area contributed by atoms with Crippen LogP contribution in [0, 0.1) is 0 Å². The molecule has 1 saturated heterocycles. The Bertz CT molecular complexity index is 652. The summed E-state index contributed by atoms with van der Waals surface area (Å²) in [6, 6.07) is 8.14. The molecule has 0 N–H and O–H groups in total. The van der Waals surface area contributed by atoms with Gasteiger partial charge in [0.2, 0.25) is 11.8 Å². The molecule has 26 heavy (non-hydrogen) atoms. The van der Waals surface area contributed by atoms with Gasteiger partial charge in [-0.1, -0.05) is 31.2 Å². The maximum absolute atomic E-state index is 13.2. The van der Waals surface area contributed by atoms with E-state index in [1.807, 2.05) is 18.2 Å². The van der Waals surface area contributed by atoms with Crippen molar-refractivity contribution in [1.29, 1.82) is 0 Å². The fourth-order valence-electron chi connectivity index (χ4n) is 4.24. The fourth-order valence-corrected chi connectivity index (χ4v) is 4.24. The summed E-state index contributed by atoms with van der Waals surface area (Å²) < 4.78 is 5.13. The lowest BCUT2D eigenvalue weighted by atomic mass is 9.69. The molecular weight excluding hydrogens is 352 g/mol. The van der Waals surface area contributed by atoms with Gasteiger partial charge in [-0.15, -0.1) is 12.4 Å². The zero-order valence-electron chi connectivity index (χ0n) is 15.7. The van der Waals surface area contributed by atoms with Crippen LogP contribution in [-0.2, 0) is 26.2 Å². The molecule has 0 saturated carbocycles. The van der Waals surface area contributed by atoms with E-state index in [0.717, 1.165) is 37.9 Å². The van der Waals surface area contributed by atoms with Crippen molar-refractivity contribution in [2.45, 2.75) is 38.0 Å². The first-order valence-electron chi connectivity index (χ1n) is 9.27. The normalized spacial score (nSPS) is 22.0. The van der Waals surface area contributed by atoms with Crippen LogP contribution in [0.5, 0.6) is 0 Å². The Hall–Kier alpha value is -1.43. The van der Waals surface area contributed by atoms with Gasteiger partial charge in [0.1, 0.15) is 0 Å². The molecule has 1 aliphatic heterocycles. The molecule has 1 atom stereocenters. The van der Waals surface area contributed by atoms with Gasteiger partial charge in [0.05, 0.1) is 12.0 Å². The molecule has 1 heterocycles. The minimum absolute atomic E-state index is 0. The molecule has 2 aliphatic rings. The van der Waals surface area contributed by atoms with Gasteiger partial charge in [-0.3, -0.25) is 19.4 Å². The second kappa shape index (κ2) is 8.98. The van der Waals surface area contributed by atoms with Crippen LogP contribution < -0.4 is 0 Å². The largest absolute Gasteiger partial charge is 0.383 e. The zero-order valence-corrected chi connectivity index (χ0v) is 16.5. The topological polar surface area (TPSA) is 49.9 Å². The number of benzene rings is 1. The number of hydrogen-bond donors (Lipinski definition) is 0. The molecule has 0 bridgehead atoms. The molecule has 1 fully saturated rings. The molecule has 6 heteroatoms. The molecule has 3 rings (SSSR count). The van der Waals surface area contributed by atoms with Gasteiger partial charge in [0.15, 0.2) is 0 Å². The lowest BCUT2D eigenvalue weighted by molar-refractivity contribution is -0.140. The fraction of sp³-hybridized carbons (Fsp3) is 0.600. The van der Waals surface area contributed by atoms with Gasteiger partial charge in [0, 0.05) is 33.2 Å². The minimum atomic E-state index is -0.616. The summed E-state index contributed by atoms with van der Waals surface area (Å²) in [5, 5.41) is 0. The Balaban J connectivity index is 0.00000243. The van der Waals surface area contributed by atoms with E-state index >= 15 is 0 Å². The van der Waals surface area contributed by atoms with Gasteiger partial charge in [0.25, 0.3) is 0 Å². The van der Waals surface area contributed by atoms with Crippen LogP contribution in [0.15, 0.2) is 24.3 Å². The maximum atomic E-state index is 13.2. The Morgan fingerprint density at radius 3 is 2.73 bits per heavy atom. The highest BCUT2D eigenvalue weighted by Gasteiger charge is 2.53. The third-order valence-corrected chi connectivity index (χ3v) is 5.69. The Morgan fingerprint density at radius 2 is 2.00 bits per heavy atom. The molecule has 5 nitrogen and oxygen atoms in total. The molecule has 1 unspecified atom stereocenters. The van der Waals surface area contributed by atoms with E-state index < -0.39 is 5.41 Å². The van der Waals surface area contributed by atoms with E-state index in [9.17, 15) is 9.59 Å². The van der Waals surface area contributed by atoms with Crippen LogP contribution >= 0.6 is 12.4 Å². The highest BCUT2D eigenvalue weighted by atomic mass is 35.5. The summed E-state index contributed by atoms with van der Waals surface area (Å²) >= 11 is 0. The van der Waals surface area contributed by atoms with Crippen LogP contribution in [-0.4, -0.2) is 61.5 Å². The third kappa shape index (κ3) is 3.80. The number of halogens is 1. The molecule has 0 aromatic heterocycles. The van der Waals surface area contributed by atoms with Gasteiger partial charge >= 0.3 is 0 Å². The van der Waals surface area contributed by atoms with E-state index in [0.29, 0.717) is 26.1 Å².